The molecular weight excluding hydrogens is 225 g/mol. The quantitative estimate of drug-likeness (QED) is 0.891. The van der Waals surface area contributed by atoms with Crippen LogP contribution in [0.25, 0.3) is 10.6 Å². The number of hydrogen-bond acceptors (Lipinski definition) is 4. The van der Waals surface area contributed by atoms with Crippen LogP contribution in [0.2, 0.25) is 0 Å². The van der Waals surface area contributed by atoms with Crippen molar-refractivity contribution >= 4 is 16.3 Å². The molecule has 0 aliphatic rings. The smallest absolute Gasteiger partial charge is 0.142 e. The predicted molar refractivity (Wildman–Crippen MR) is 64.2 cm³/mol. The highest BCUT2D eigenvalue weighted by Crippen LogP contribution is 2.31. The van der Waals surface area contributed by atoms with E-state index in [1.54, 1.807) is 6.20 Å². The highest BCUT2D eigenvalue weighted by Gasteiger charge is 2.10. The SMILES string of the molecule is CCc1nc(-c2cncc(F)c2)sc1NC. The van der Waals surface area contributed by atoms with Crippen LogP contribution in [-0.2, 0) is 6.42 Å². The number of rotatable bonds is 3. The normalized spacial score (nSPS) is 10.4. The van der Waals surface area contributed by atoms with Crippen LogP contribution >= 0.6 is 11.3 Å². The standard InChI is InChI=1S/C11H12FN3S/c1-3-9-11(13-2)16-10(15-9)7-4-8(12)6-14-5-7/h4-6,13H,3H2,1-2H3. The molecule has 0 aromatic carbocycles. The first-order chi connectivity index (χ1) is 7.74. The van der Waals surface area contributed by atoms with Gasteiger partial charge in [-0.05, 0) is 12.5 Å². The number of halogens is 1. The summed E-state index contributed by atoms with van der Waals surface area (Å²) < 4.78 is 13.0. The minimum atomic E-state index is -0.336. The second-order valence-corrected chi connectivity index (χ2v) is 4.29. The Morgan fingerprint density at radius 3 is 2.81 bits per heavy atom. The lowest BCUT2D eigenvalue weighted by molar-refractivity contribution is 0.622. The minimum absolute atomic E-state index is 0.336. The molecule has 16 heavy (non-hydrogen) atoms. The molecule has 1 N–H and O–H groups in total. The molecule has 0 bridgehead atoms. The summed E-state index contributed by atoms with van der Waals surface area (Å²) in [7, 11) is 1.86. The molecule has 0 aliphatic carbocycles. The van der Waals surface area contributed by atoms with Crippen molar-refractivity contribution in [3.05, 3.63) is 30.0 Å². The number of thiazole rings is 1. The molecule has 84 valence electrons. The molecule has 2 aromatic heterocycles. The van der Waals surface area contributed by atoms with Crippen molar-refractivity contribution in [3.8, 4) is 10.6 Å². The van der Waals surface area contributed by atoms with Gasteiger partial charge in [-0.2, -0.15) is 0 Å². The van der Waals surface area contributed by atoms with Gasteiger partial charge in [0.25, 0.3) is 0 Å². The maximum absolute atomic E-state index is 13.0. The van der Waals surface area contributed by atoms with E-state index in [4.69, 9.17) is 0 Å². The summed E-state index contributed by atoms with van der Waals surface area (Å²) in [5.41, 5.74) is 1.73. The van der Waals surface area contributed by atoms with E-state index >= 15 is 0 Å². The Bertz CT molecular complexity index is 474. The van der Waals surface area contributed by atoms with Gasteiger partial charge in [-0.15, -0.1) is 0 Å². The summed E-state index contributed by atoms with van der Waals surface area (Å²) >= 11 is 1.52. The van der Waals surface area contributed by atoms with Crippen molar-refractivity contribution in [1.82, 2.24) is 9.97 Å². The maximum Gasteiger partial charge on any atom is 0.142 e. The average Bonchev–Trinajstić information content (AvgIpc) is 2.72. The van der Waals surface area contributed by atoms with Crippen molar-refractivity contribution < 1.29 is 4.39 Å². The number of pyridine rings is 1. The Morgan fingerprint density at radius 2 is 2.25 bits per heavy atom. The fourth-order valence-electron chi connectivity index (χ4n) is 1.44. The zero-order chi connectivity index (χ0) is 11.5. The van der Waals surface area contributed by atoms with Crippen molar-refractivity contribution in [2.24, 2.45) is 0 Å². The highest BCUT2D eigenvalue weighted by atomic mass is 32.1. The summed E-state index contributed by atoms with van der Waals surface area (Å²) in [5.74, 6) is -0.336. The molecule has 5 heteroatoms. The third-order valence-corrected chi connectivity index (χ3v) is 3.38. The van der Waals surface area contributed by atoms with Crippen LogP contribution in [0.15, 0.2) is 18.5 Å². The monoisotopic (exact) mass is 237 g/mol. The van der Waals surface area contributed by atoms with Gasteiger partial charge in [0.15, 0.2) is 0 Å². The van der Waals surface area contributed by atoms with Gasteiger partial charge in [0.2, 0.25) is 0 Å². The molecule has 0 saturated carbocycles. The Labute approximate surface area is 97.4 Å². The first kappa shape index (κ1) is 11.0. The summed E-state index contributed by atoms with van der Waals surface area (Å²) in [6.45, 7) is 2.05. The number of hydrogen-bond donors (Lipinski definition) is 1. The minimum Gasteiger partial charge on any atom is -0.378 e. The molecule has 0 radical (unpaired) electrons. The molecule has 2 heterocycles. The van der Waals surface area contributed by atoms with Crippen molar-refractivity contribution in [2.45, 2.75) is 13.3 Å². The van der Waals surface area contributed by atoms with Crippen LogP contribution in [0, 0.1) is 5.82 Å². The van der Waals surface area contributed by atoms with E-state index in [1.165, 1.54) is 23.6 Å². The lowest BCUT2D eigenvalue weighted by Gasteiger charge is -1.94. The van der Waals surface area contributed by atoms with Crippen LogP contribution in [-0.4, -0.2) is 17.0 Å². The first-order valence-corrected chi connectivity index (χ1v) is 5.84. The van der Waals surface area contributed by atoms with E-state index in [2.05, 4.69) is 15.3 Å². The number of nitrogens with one attached hydrogen (secondary N) is 1. The fourth-order valence-corrected chi connectivity index (χ4v) is 2.43. The van der Waals surface area contributed by atoms with Crippen molar-refractivity contribution in [3.63, 3.8) is 0 Å². The van der Waals surface area contributed by atoms with Crippen LogP contribution < -0.4 is 5.32 Å². The summed E-state index contributed by atoms with van der Waals surface area (Å²) in [6.07, 6.45) is 3.67. The Hall–Kier alpha value is -1.49. The Balaban J connectivity index is 2.44. The van der Waals surface area contributed by atoms with E-state index in [0.717, 1.165) is 27.7 Å². The van der Waals surface area contributed by atoms with Gasteiger partial charge in [0, 0.05) is 18.8 Å². The van der Waals surface area contributed by atoms with E-state index in [9.17, 15) is 4.39 Å². The molecule has 0 aliphatic heterocycles. The van der Waals surface area contributed by atoms with Gasteiger partial charge >= 0.3 is 0 Å². The van der Waals surface area contributed by atoms with E-state index < -0.39 is 0 Å². The van der Waals surface area contributed by atoms with Crippen LogP contribution in [0.4, 0.5) is 9.39 Å². The first-order valence-electron chi connectivity index (χ1n) is 5.03. The Morgan fingerprint density at radius 1 is 1.44 bits per heavy atom. The van der Waals surface area contributed by atoms with E-state index in [-0.39, 0.29) is 5.82 Å². The molecule has 2 rings (SSSR count). The fraction of sp³-hybridized carbons (Fsp3) is 0.273. The van der Waals surface area contributed by atoms with Gasteiger partial charge in [-0.25, -0.2) is 9.37 Å². The molecule has 0 saturated heterocycles. The molecule has 0 spiro atoms. The zero-order valence-electron chi connectivity index (χ0n) is 9.12. The van der Waals surface area contributed by atoms with E-state index in [1.807, 2.05) is 14.0 Å². The summed E-state index contributed by atoms with van der Waals surface area (Å²) in [4.78, 5) is 8.28. The van der Waals surface area contributed by atoms with Crippen molar-refractivity contribution in [1.29, 1.82) is 0 Å². The van der Waals surface area contributed by atoms with Gasteiger partial charge in [0.05, 0.1) is 11.9 Å². The average molecular weight is 237 g/mol. The number of aromatic nitrogens is 2. The Kier molecular flexibility index (Phi) is 3.14. The summed E-state index contributed by atoms with van der Waals surface area (Å²) in [6, 6.07) is 1.45. The van der Waals surface area contributed by atoms with Crippen molar-refractivity contribution in [2.75, 3.05) is 12.4 Å². The molecule has 2 aromatic rings. The van der Waals surface area contributed by atoms with Crippen LogP contribution in [0.1, 0.15) is 12.6 Å². The number of aryl methyl sites for hydroxylation is 1. The molecule has 3 nitrogen and oxygen atoms in total. The predicted octanol–water partition coefficient (Wildman–Crippen LogP) is 2.95. The van der Waals surface area contributed by atoms with Gasteiger partial charge in [0.1, 0.15) is 15.8 Å². The molecule has 0 fully saturated rings. The third kappa shape index (κ3) is 2.04. The molecular formula is C11H12FN3S. The molecule has 0 atom stereocenters. The highest BCUT2D eigenvalue weighted by molar-refractivity contribution is 7.19. The van der Waals surface area contributed by atoms with Gasteiger partial charge in [-0.3, -0.25) is 4.98 Å². The van der Waals surface area contributed by atoms with Gasteiger partial charge < -0.3 is 5.32 Å². The molecule has 0 amide bonds. The van der Waals surface area contributed by atoms with E-state index in [0.29, 0.717) is 0 Å². The second kappa shape index (κ2) is 4.57. The molecule has 0 unspecified atom stereocenters. The maximum atomic E-state index is 13.0. The lowest BCUT2D eigenvalue weighted by Crippen LogP contribution is -1.89. The van der Waals surface area contributed by atoms with Gasteiger partial charge in [-0.1, -0.05) is 18.3 Å². The number of nitrogens with zero attached hydrogens (tertiary/aromatic N) is 2. The summed E-state index contributed by atoms with van der Waals surface area (Å²) in [5, 5.41) is 4.92. The lowest BCUT2D eigenvalue weighted by atomic mass is 10.3. The number of anilines is 1. The third-order valence-electron chi connectivity index (χ3n) is 2.21. The van der Waals surface area contributed by atoms with Crippen LogP contribution in [0.3, 0.4) is 0 Å². The zero-order valence-corrected chi connectivity index (χ0v) is 9.94. The topological polar surface area (TPSA) is 37.8 Å². The van der Waals surface area contributed by atoms with Crippen LogP contribution in [0.5, 0.6) is 0 Å². The largest absolute Gasteiger partial charge is 0.378 e. The second-order valence-electron chi connectivity index (χ2n) is 3.29.